The Balaban J connectivity index is 2.50. The zero-order valence-electron chi connectivity index (χ0n) is 8.66. The normalized spacial score (nSPS) is 24.7. The van der Waals surface area contributed by atoms with E-state index >= 15 is 0 Å². The van der Waals surface area contributed by atoms with Gasteiger partial charge in [0.25, 0.3) is 0 Å². The van der Waals surface area contributed by atoms with Crippen molar-refractivity contribution < 1.29 is 15.0 Å². The van der Waals surface area contributed by atoms with Crippen LogP contribution < -0.4 is 0 Å². The fraction of sp³-hybridized carbons (Fsp3) is 0.417. The van der Waals surface area contributed by atoms with Gasteiger partial charge in [-0.25, -0.2) is 4.79 Å². The van der Waals surface area contributed by atoms with Crippen molar-refractivity contribution in [2.45, 2.75) is 31.8 Å². The van der Waals surface area contributed by atoms with Crippen LogP contribution in [0.5, 0.6) is 0 Å². The number of aryl methyl sites for hydroxylation is 1. The Hall–Kier alpha value is -1.35. The summed E-state index contributed by atoms with van der Waals surface area (Å²) in [5, 5.41) is 19.0. The quantitative estimate of drug-likeness (QED) is 0.738. The lowest BCUT2D eigenvalue weighted by Crippen LogP contribution is -2.27. The van der Waals surface area contributed by atoms with Gasteiger partial charge in [-0.2, -0.15) is 0 Å². The molecular formula is C12H14O3. The predicted octanol–water partition coefficient (Wildman–Crippen LogP) is 1.93. The van der Waals surface area contributed by atoms with Gasteiger partial charge in [0.1, 0.15) is 0 Å². The molecule has 0 fully saturated rings. The third kappa shape index (κ3) is 1.75. The van der Waals surface area contributed by atoms with Crippen molar-refractivity contribution in [3.8, 4) is 0 Å². The van der Waals surface area contributed by atoms with Crippen molar-refractivity contribution in [3.05, 3.63) is 34.9 Å². The number of carbonyl (C=O) groups is 1. The molecule has 0 radical (unpaired) electrons. The number of fused-ring (bicyclic) bond motifs is 1. The van der Waals surface area contributed by atoms with Gasteiger partial charge in [0, 0.05) is 0 Å². The second kappa shape index (κ2) is 3.35. The summed E-state index contributed by atoms with van der Waals surface area (Å²) >= 11 is 0. The summed E-state index contributed by atoms with van der Waals surface area (Å²) in [6, 6.07) is 4.96. The van der Waals surface area contributed by atoms with Gasteiger partial charge >= 0.3 is 5.97 Å². The second-order valence-electron chi connectivity index (χ2n) is 4.30. The number of carboxylic acid groups (broad SMARTS) is 1. The summed E-state index contributed by atoms with van der Waals surface area (Å²) in [4.78, 5) is 10.8. The molecule has 0 saturated heterocycles. The van der Waals surface area contributed by atoms with Crippen LogP contribution in [-0.2, 0) is 12.0 Å². The van der Waals surface area contributed by atoms with Gasteiger partial charge in [0.2, 0.25) is 0 Å². The zero-order valence-corrected chi connectivity index (χ0v) is 8.66. The van der Waals surface area contributed by atoms with E-state index in [1.807, 2.05) is 0 Å². The Morgan fingerprint density at radius 2 is 2.20 bits per heavy atom. The lowest BCUT2D eigenvalue weighted by Gasteiger charge is -2.31. The van der Waals surface area contributed by atoms with Crippen LogP contribution in [0.1, 0.15) is 41.3 Å². The molecule has 0 bridgehead atoms. The van der Waals surface area contributed by atoms with Crippen molar-refractivity contribution in [3.63, 3.8) is 0 Å². The molecule has 1 aliphatic rings. The highest BCUT2D eigenvalue weighted by molar-refractivity contribution is 5.88. The predicted molar refractivity (Wildman–Crippen MR) is 55.9 cm³/mol. The first-order valence-corrected chi connectivity index (χ1v) is 5.10. The van der Waals surface area contributed by atoms with E-state index in [4.69, 9.17) is 5.11 Å². The molecule has 0 aromatic heterocycles. The number of hydrogen-bond acceptors (Lipinski definition) is 2. The van der Waals surface area contributed by atoms with E-state index in [0.717, 1.165) is 30.4 Å². The first-order valence-electron chi connectivity index (χ1n) is 5.10. The lowest BCUT2D eigenvalue weighted by molar-refractivity contribution is 0.0385. The van der Waals surface area contributed by atoms with Crippen molar-refractivity contribution in [2.24, 2.45) is 0 Å². The number of benzene rings is 1. The van der Waals surface area contributed by atoms with Gasteiger partial charge in [-0.15, -0.1) is 0 Å². The minimum atomic E-state index is -0.914. The van der Waals surface area contributed by atoms with E-state index in [-0.39, 0.29) is 0 Å². The number of rotatable bonds is 1. The van der Waals surface area contributed by atoms with E-state index in [9.17, 15) is 9.90 Å². The first kappa shape index (κ1) is 10.2. The molecule has 2 N–H and O–H groups in total. The smallest absolute Gasteiger partial charge is 0.335 e. The minimum absolute atomic E-state index is 0.298. The number of hydrogen-bond donors (Lipinski definition) is 2. The Bertz CT molecular complexity index is 407. The van der Waals surface area contributed by atoms with Gasteiger partial charge < -0.3 is 10.2 Å². The fourth-order valence-corrected chi connectivity index (χ4v) is 2.22. The summed E-state index contributed by atoms with van der Waals surface area (Å²) in [5.41, 5.74) is 1.33. The van der Waals surface area contributed by atoms with E-state index in [2.05, 4.69) is 0 Å². The van der Waals surface area contributed by atoms with Crippen LogP contribution in [0, 0.1) is 0 Å². The molecule has 2 rings (SSSR count). The second-order valence-corrected chi connectivity index (χ2v) is 4.30. The van der Waals surface area contributed by atoms with Crippen LogP contribution in [0.2, 0.25) is 0 Å². The van der Waals surface area contributed by atoms with Crippen LogP contribution in [0.25, 0.3) is 0 Å². The third-order valence-corrected chi connectivity index (χ3v) is 3.04. The summed E-state index contributed by atoms with van der Waals surface area (Å²) in [5.74, 6) is -0.914. The Kier molecular flexibility index (Phi) is 2.27. The van der Waals surface area contributed by atoms with Crippen LogP contribution in [0.15, 0.2) is 18.2 Å². The maximum Gasteiger partial charge on any atom is 0.335 e. The Morgan fingerprint density at radius 1 is 1.47 bits per heavy atom. The summed E-state index contributed by atoms with van der Waals surface area (Å²) < 4.78 is 0. The maximum atomic E-state index is 10.8. The largest absolute Gasteiger partial charge is 0.478 e. The standard InChI is InChI=1S/C12H14O3/c1-12(15)6-2-3-8-7-9(11(13)14)4-5-10(8)12/h4-5,7,15H,2-3,6H2,1H3,(H,13,14)/t12-/m1/s1. The molecule has 0 saturated carbocycles. The SMILES string of the molecule is C[C@@]1(O)CCCc2cc(C(=O)O)ccc21. The van der Waals surface area contributed by atoms with Crippen LogP contribution >= 0.6 is 0 Å². The molecule has 1 atom stereocenters. The number of carboxylic acids is 1. The molecule has 1 aliphatic carbocycles. The van der Waals surface area contributed by atoms with Crippen molar-refractivity contribution in [1.82, 2.24) is 0 Å². The molecular weight excluding hydrogens is 192 g/mol. The topological polar surface area (TPSA) is 57.5 Å². The van der Waals surface area contributed by atoms with E-state index in [1.165, 1.54) is 0 Å². The van der Waals surface area contributed by atoms with Crippen molar-refractivity contribution in [1.29, 1.82) is 0 Å². The molecule has 80 valence electrons. The molecule has 3 nitrogen and oxygen atoms in total. The number of aliphatic hydroxyl groups is 1. The van der Waals surface area contributed by atoms with Crippen LogP contribution in [-0.4, -0.2) is 16.2 Å². The Morgan fingerprint density at radius 3 is 2.87 bits per heavy atom. The van der Waals surface area contributed by atoms with Gasteiger partial charge in [0.05, 0.1) is 11.2 Å². The third-order valence-electron chi connectivity index (χ3n) is 3.04. The van der Waals surface area contributed by atoms with E-state index in [1.54, 1.807) is 25.1 Å². The highest BCUT2D eigenvalue weighted by atomic mass is 16.4. The monoisotopic (exact) mass is 206 g/mol. The lowest BCUT2D eigenvalue weighted by atomic mass is 9.80. The van der Waals surface area contributed by atoms with Gasteiger partial charge in [0.15, 0.2) is 0 Å². The summed E-state index contributed by atoms with van der Waals surface area (Å²) in [6.07, 6.45) is 2.50. The first-order chi connectivity index (χ1) is 7.00. The number of aromatic carboxylic acids is 1. The summed E-state index contributed by atoms with van der Waals surface area (Å²) in [6.45, 7) is 1.78. The molecule has 1 aromatic carbocycles. The van der Waals surface area contributed by atoms with Gasteiger partial charge in [-0.05, 0) is 49.4 Å². The molecule has 1 aromatic rings. The van der Waals surface area contributed by atoms with E-state index < -0.39 is 11.6 Å². The van der Waals surface area contributed by atoms with Gasteiger partial charge in [-0.3, -0.25) is 0 Å². The van der Waals surface area contributed by atoms with Crippen LogP contribution in [0.3, 0.4) is 0 Å². The molecule has 0 unspecified atom stereocenters. The average molecular weight is 206 g/mol. The fourth-order valence-electron chi connectivity index (χ4n) is 2.22. The van der Waals surface area contributed by atoms with Crippen molar-refractivity contribution >= 4 is 5.97 Å². The average Bonchev–Trinajstić information content (AvgIpc) is 2.16. The summed E-state index contributed by atoms with van der Waals surface area (Å²) in [7, 11) is 0. The minimum Gasteiger partial charge on any atom is -0.478 e. The molecule has 0 amide bonds. The van der Waals surface area contributed by atoms with Crippen molar-refractivity contribution in [2.75, 3.05) is 0 Å². The van der Waals surface area contributed by atoms with Gasteiger partial charge in [-0.1, -0.05) is 6.07 Å². The highest BCUT2D eigenvalue weighted by Gasteiger charge is 2.29. The zero-order chi connectivity index (χ0) is 11.1. The molecule has 0 heterocycles. The molecule has 0 spiro atoms. The molecule has 3 heteroatoms. The van der Waals surface area contributed by atoms with Crippen LogP contribution in [0.4, 0.5) is 0 Å². The molecule has 15 heavy (non-hydrogen) atoms. The Labute approximate surface area is 88.4 Å². The van der Waals surface area contributed by atoms with E-state index in [0.29, 0.717) is 5.56 Å². The maximum absolute atomic E-state index is 10.8. The molecule has 0 aliphatic heterocycles. The highest BCUT2D eigenvalue weighted by Crippen LogP contribution is 2.35.